The fraction of sp³-hybridized carbons (Fsp3) is 0.692. The fourth-order valence-electron chi connectivity index (χ4n) is 1.62. The van der Waals surface area contributed by atoms with Crippen molar-refractivity contribution in [2.24, 2.45) is 5.73 Å². The molecule has 0 aliphatic carbocycles. The Kier molecular flexibility index (Phi) is 5.35. The smallest absolute Gasteiger partial charge is 0.407 e. The number of amides is 1. The molecule has 108 valence electrons. The molecule has 1 aromatic heterocycles. The van der Waals surface area contributed by atoms with Gasteiger partial charge >= 0.3 is 6.09 Å². The van der Waals surface area contributed by atoms with E-state index >= 15 is 0 Å². The first-order chi connectivity index (χ1) is 8.85. The zero-order valence-electron chi connectivity index (χ0n) is 12.1. The van der Waals surface area contributed by atoms with Crippen LogP contribution in [0.5, 0.6) is 0 Å². The van der Waals surface area contributed by atoms with Crippen LogP contribution in [0.25, 0.3) is 0 Å². The molecule has 0 aliphatic rings. The number of rotatable bonds is 5. The maximum Gasteiger partial charge on any atom is 0.407 e. The summed E-state index contributed by atoms with van der Waals surface area (Å²) in [6, 6.07) is 0. The lowest BCUT2D eigenvalue weighted by molar-refractivity contribution is 0.0525. The van der Waals surface area contributed by atoms with Crippen molar-refractivity contribution in [3.8, 4) is 0 Å². The van der Waals surface area contributed by atoms with Crippen LogP contribution in [0, 0.1) is 0 Å². The molecule has 1 amide bonds. The largest absolute Gasteiger partial charge is 0.444 e. The number of alkyl carbamates (subject to hydrolysis) is 1. The van der Waals surface area contributed by atoms with Gasteiger partial charge < -0.3 is 15.8 Å². The van der Waals surface area contributed by atoms with Crippen molar-refractivity contribution in [1.29, 1.82) is 0 Å². The highest BCUT2D eigenvalue weighted by atomic mass is 16.6. The predicted molar refractivity (Wildman–Crippen MR) is 73.9 cm³/mol. The highest BCUT2D eigenvalue weighted by molar-refractivity contribution is 5.67. The van der Waals surface area contributed by atoms with E-state index in [1.165, 1.54) is 0 Å². The van der Waals surface area contributed by atoms with Crippen molar-refractivity contribution in [2.45, 2.75) is 45.8 Å². The van der Waals surface area contributed by atoms with Gasteiger partial charge in [0.25, 0.3) is 0 Å². The summed E-state index contributed by atoms with van der Waals surface area (Å²) in [5.74, 6) is 0.0489. The maximum absolute atomic E-state index is 11.6. The number of aryl methyl sites for hydroxylation is 1. The molecule has 0 fully saturated rings. The lowest BCUT2D eigenvalue weighted by atomic mass is 10.0. The van der Waals surface area contributed by atoms with E-state index in [0.29, 0.717) is 13.1 Å². The Morgan fingerprint density at radius 1 is 1.58 bits per heavy atom. The summed E-state index contributed by atoms with van der Waals surface area (Å²) in [5, 5.41) is 6.94. The predicted octanol–water partition coefficient (Wildman–Crippen LogP) is 1.47. The summed E-state index contributed by atoms with van der Waals surface area (Å²) in [6.07, 6.45) is 3.32. The topological polar surface area (TPSA) is 82.2 Å². The van der Waals surface area contributed by atoms with Gasteiger partial charge in [-0.05, 0) is 33.3 Å². The fourth-order valence-corrected chi connectivity index (χ4v) is 1.62. The van der Waals surface area contributed by atoms with Crippen molar-refractivity contribution < 1.29 is 9.53 Å². The van der Waals surface area contributed by atoms with Gasteiger partial charge in [0.2, 0.25) is 0 Å². The van der Waals surface area contributed by atoms with E-state index in [2.05, 4.69) is 10.4 Å². The summed E-state index contributed by atoms with van der Waals surface area (Å²) in [7, 11) is 0. The Hall–Kier alpha value is -1.56. The molecule has 0 saturated heterocycles. The zero-order valence-corrected chi connectivity index (χ0v) is 12.1. The molecule has 1 unspecified atom stereocenters. The average molecular weight is 268 g/mol. The van der Waals surface area contributed by atoms with Crippen LogP contribution < -0.4 is 11.1 Å². The molecule has 1 heterocycles. The summed E-state index contributed by atoms with van der Waals surface area (Å²) < 4.78 is 7.02. The van der Waals surface area contributed by atoms with Gasteiger partial charge in [0.1, 0.15) is 5.60 Å². The van der Waals surface area contributed by atoms with E-state index in [-0.39, 0.29) is 5.92 Å². The molecule has 0 aromatic carbocycles. The monoisotopic (exact) mass is 268 g/mol. The summed E-state index contributed by atoms with van der Waals surface area (Å²) >= 11 is 0. The number of nitrogens with two attached hydrogens (primary N) is 1. The van der Waals surface area contributed by atoms with Crippen molar-refractivity contribution >= 4 is 6.09 Å². The van der Waals surface area contributed by atoms with Crippen LogP contribution in [0.15, 0.2) is 12.4 Å². The third-order valence-electron chi connectivity index (χ3n) is 2.62. The molecule has 0 aliphatic heterocycles. The van der Waals surface area contributed by atoms with E-state index in [0.717, 1.165) is 12.1 Å². The van der Waals surface area contributed by atoms with Gasteiger partial charge in [0, 0.05) is 31.7 Å². The van der Waals surface area contributed by atoms with Crippen LogP contribution in [0.1, 0.15) is 39.2 Å². The molecule has 0 saturated carbocycles. The summed E-state index contributed by atoms with van der Waals surface area (Å²) in [5.41, 5.74) is 6.28. The minimum atomic E-state index is -0.491. The Balaban J connectivity index is 2.51. The van der Waals surface area contributed by atoms with Gasteiger partial charge in [-0.2, -0.15) is 5.10 Å². The zero-order chi connectivity index (χ0) is 14.5. The molecule has 1 rings (SSSR count). The van der Waals surface area contributed by atoms with Crippen LogP contribution >= 0.6 is 0 Å². The normalized spacial score (nSPS) is 13.1. The number of nitrogens with one attached hydrogen (secondary N) is 1. The number of ether oxygens (including phenoxy) is 1. The molecular formula is C13H24N4O2. The number of hydrogen-bond donors (Lipinski definition) is 2. The Morgan fingerprint density at radius 2 is 2.26 bits per heavy atom. The van der Waals surface area contributed by atoms with Crippen molar-refractivity contribution in [1.82, 2.24) is 15.1 Å². The number of hydrogen-bond acceptors (Lipinski definition) is 4. The lowest BCUT2D eigenvalue weighted by Gasteiger charge is -2.21. The SMILES string of the molecule is CCn1cc(C(CN)CNC(=O)OC(C)(C)C)cn1. The van der Waals surface area contributed by atoms with Gasteiger partial charge in [0.05, 0.1) is 6.20 Å². The van der Waals surface area contributed by atoms with E-state index in [1.807, 2.05) is 38.6 Å². The van der Waals surface area contributed by atoms with Crippen molar-refractivity contribution in [2.75, 3.05) is 13.1 Å². The minimum Gasteiger partial charge on any atom is -0.444 e. The molecule has 6 heteroatoms. The van der Waals surface area contributed by atoms with Gasteiger partial charge in [-0.15, -0.1) is 0 Å². The van der Waals surface area contributed by atoms with Crippen LogP contribution in [-0.4, -0.2) is 34.6 Å². The maximum atomic E-state index is 11.6. The number of aromatic nitrogens is 2. The number of carbonyl (C=O) groups excluding carboxylic acids is 1. The van der Waals surface area contributed by atoms with E-state index < -0.39 is 11.7 Å². The van der Waals surface area contributed by atoms with E-state index in [9.17, 15) is 4.79 Å². The molecular weight excluding hydrogens is 244 g/mol. The molecule has 0 radical (unpaired) electrons. The Bertz CT molecular complexity index is 409. The molecule has 3 N–H and O–H groups in total. The van der Waals surface area contributed by atoms with E-state index in [1.54, 1.807) is 6.20 Å². The second-order valence-corrected chi connectivity index (χ2v) is 5.44. The van der Waals surface area contributed by atoms with Gasteiger partial charge in [-0.3, -0.25) is 4.68 Å². The third kappa shape index (κ3) is 5.30. The number of carbonyl (C=O) groups is 1. The average Bonchev–Trinajstić information content (AvgIpc) is 2.76. The van der Waals surface area contributed by atoms with Gasteiger partial charge in [-0.1, -0.05) is 0 Å². The van der Waals surface area contributed by atoms with E-state index in [4.69, 9.17) is 10.5 Å². The second kappa shape index (κ2) is 6.56. The quantitative estimate of drug-likeness (QED) is 0.847. The highest BCUT2D eigenvalue weighted by Gasteiger charge is 2.18. The van der Waals surface area contributed by atoms with Crippen LogP contribution in [0.3, 0.4) is 0 Å². The van der Waals surface area contributed by atoms with Crippen molar-refractivity contribution in [3.05, 3.63) is 18.0 Å². The molecule has 19 heavy (non-hydrogen) atoms. The van der Waals surface area contributed by atoms with Crippen LogP contribution in [-0.2, 0) is 11.3 Å². The lowest BCUT2D eigenvalue weighted by Crippen LogP contribution is -2.36. The first-order valence-corrected chi connectivity index (χ1v) is 6.55. The van der Waals surface area contributed by atoms with Gasteiger partial charge in [0.15, 0.2) is 0 Å². The van der Waals surface area contributed by atoms with Crippen LogP contribution in [0.2, 0.25) is 0 Å². The van der Waals surface area contributed by atoms with Crippen LogP contribution in [0.4, 0.5) is 4.79 Å². The van der Waals surface area contributed by atoms with Crippen molar-refractivity contribution in [3.63, 3.8) is 0 Å². The molecule has 1 aromatic rings. The highest BCUT2D eigenvalue weighted by Crippen LogP contribution is 2.13. The Labute approximate surface area is 114 Å². The molecule has 0 bridgehead atoms. The minimum absolute atomic E-state index is 0.0489. The second-order valence-electron chi connectivity index (χ2n) is 5.44. The van der Waals surface area contributed by atoms with Gasteiger partial charge in [-0.25, -0.2) is 4.79 Å². The Morgan fingerprint density at radius 3 is 2.74 bits per heavy atom. The molecule has 0 spiro atoms. The summed E-state index contributed by atoms with van der Waals surface area (Å²) in [4.78, 5) is 11.6. The first-order valence-electron chi connectivity index (χ1n) is 6.55. The standard InChI is InChI=1S/C13H24N4O2/c1-5-17-9-11(8-16-17)10(6-14)7-15-12(18)19-13(2,3)4/h8-10H,5-7,14H2,1-4H3,(H,15,18). The third-order valence-corrected chi connectivity index (χ3v) is 2.62. The summed E-state index contributed by atoms with van der Waals surface area (Å²) in [6.45, 7) is 9.23. The number of nitrogens with zero attached hydrogens (tertiary/aromatic N) is 2. The molecule has 6 nitrogen and oxygen atoms in total. The molecule has 1 atom stereocenters. The first kappa shape index (κ1) is 15.5.